The molecule has 0 spiro atoms. The van der Waals surface area contributed by atoms with E-state index >= 15 is 0 Å². The van der Waals surface area contributed by atoms with E-state index in [9.17, 15) is 14.7 Å². The maximum atomic E-state index is 12.8. The number of halogens is 2. The molecular formula is C35H36Cl2N4O5. The fourth-order valence-corrected chi connectivity index (χ4v) is 5.69. The SMILES string of the molecule is CN(C)C(=O)c1cc(OCc2ccncc2)cc(Oc2ccc(-c3nc4cc(C(=O)O)ccc4n3C3CCCCC3)cc2)c1.Cl.Cl. The van der Waals surface area contributed by atoms with E-state index in [0.717, 1.165) is 48.2 Å². The molecule has 2 aromatic heterocycles. The van der Waals surface area contributed by atoms with Crippen molar-refractivity contribution >= 4 is 47.7 Å². The fraction of sp³-hybridized carbons (Fsp3) is 0.257. The summed E-state index contributed by atoms with van der Waals surface area (Å²) in [6.45, 7) is 0.326. The van der Waals surface area contributed by atoms with Crippen LogP contribution in [-0.2, 0) is 6.61 Å². The topological polar surface area (TPSA) is 107 Å². The third kappa shape index (κ3) is 7.61. The molecule has 0 saturated heterocycles. The van der Waals surface area contributed by atoms with Crippen molar-refractivity contribution in [3.8, 4) is 28.6 Å². The van der Waals surface area contributed by atoms with Gasteiger partial charge in [0.1, 0.15) is 29.7 Å². The van der Waals surface area contributed by atoms with Gasteiger partial charge in [0.05, 0.1) is 16.6 Å². The second-order valence-electron chi connectivity index (χ2n) is 11.3. The van der Waals surface area contributed by atoms with Gasteiger partial charge in [-0.2, -0.15) is 0 Å². The highest BCUT2D eigenvalue weighted by Gasteiger charge is 2.23. The number of benzene rings is 3. The van der Waals surface area contributed by atoms with E-state index in [0.29, 0.717) is 41.0 Å². The Labute approximate surface area is 280 Å². The number of hydrogen-bond donors (Lipinski definition) is 1. The van der Waals surface area contributed by atoms with Crippen LogP contribution in [0.25, 0.3) is 22.4 Å². The Morgan fingerprint density at radius 2 is 1.54 bits per heavy atom. The van der Waals surface area contributed by atoms with Gasteiger partial charge in [-0.25, -0.2) is 9.78 Å². The van der Waals surface area contributed by atoms with Gasteiger partial charge in [-0.3, -0.25) is 9.78 Å². The molecule has 1 aliphatic rings. The quantitative estimate of drug-likeness (QED) is 0.169. The van der Waals surface area contributed by atoms with Crippen LogP contribution in [0.15, 0.2) is 85.2 Å². The molecule has 1 saturated carbocycles. The molecule has 0 aliphatic heterocycles. The van der Waals surface area contributed by atoms with Gasteiger partial charge in [0, 0.05) is 49.7 Å². The van der Waals surface area contributed by atoms with Crippen molar-refractivity contribution in [3.05, 3.63) is 102 Å². The van der Waals surface area contributed by atoms with Gasteiger partial charge in [0.2, 0.25) is 0 Å². The second kappa shape index (κ2) is 15.1. The van der Waals surface area contributed by atoms with E-state index in [1.807, 2.05) is 42.5 Å². The molecule has 9 nitrogen and oxygen atoms in total. The molecule has 11 heteroatoms. The molecule has 0 radical (unpaired) electrons. The van der Waals surface area contributed by atoms with Crippen molar-refractivity contribution in [2.75, 3.05) is 14.1 Å². The van der Waals surface area contributed by atoms with Gasteiger partial charge in [0.15, 0.2) is 0 Å². The summed E-state index contributed by atoms with van der Waals surface area (Å²) in [4.78, 5) is 34.9. The second-order valence-corrected chi connectivity index (χ2v) is 11.3. The molecule has 0 bridgehead atoms. The number of fused-ring (bicyclic) bond motifs is 1. The minimum absolute atomic E-state index is 0. The minimum Gasteiger partial charge on any atom is -0.489 e. The molecule has 1 fully saturated rings. The number of imidazole rings is 1. The lowest BCUT2D eigenvalue weighted by Gasteiger charge is -2.25. The summed E-state index contributed by atoms with van der Waals surface area (Å²) in [6, 6.07) is 22.1. The van der Waals surface area contributed by atoms with Crippen LogP contribution in [0.4, 0.5) is 0 Å². The number of pyridine rings is 1. The van der Waals surface area contributed by atoms with Gasteiger partial charge >= 0.3 is 5.97 Å². The Morgan fingerprint density at radius 3 is 2.22 bits per heavy atom. The van der Waals surface area contributed by atoms with Crippen LogP contribution in [0.5, 0.6) is 17.2 Å². The third-order valence-electron chi connectivity index (χ3n) is 7.91. The number of carbonyl (C=O) groups excluding carboxylic acids is 1. The average molecular weight is 664 g/mol. The van der Waals surface area contributed by atoms with Crippen molar-refractivity contribution in [1.29, 1.82) is 0 Å². The molecule has 46 heavy (non-hydrogen) atoms. The molecular weight excluding hydrogens is 627 g/mol. The van der Waals surface area contributed by atoms with Gasteiger partial charge in [-0.15, -0.1) is 24.8 Å². The first-order valence-corrected chi connectivity index (χ1v) is 14.8. The van der Waals surface area contributed by atoms with E-state index in [1.165, 1.54) is 11.3 Å². The minimum atomic E-state index is -0.968. The average Bonchev–Trinajstić information content (AvgIpc) is 3.43. The molecule has 1 amide bonds. The molecule has 1 N–H and O–H groups in total. The number of carbonyl (C=O) groups is 2. The van der Waals surface area contributed by atoms with E-state index in [1.54, 1.807) is 56.8 Å². The van der Waals surface area contributed by atoms with E-state index in [4.69, 9.17) is 14.5 Å². The predicted molar refractivity (Wildman–Crippen MR) is 182 cm³/mol. The third-order valence-corrected chi connectivity index (χ3v) is 7.91. The van der Waals surface area contributed by atoms with Crippen molar-refractivity contribution < 1.29 is 24.2 Å². The van der Waals surface area contributed by atoms with Crippen LogP contribution in [0.2, 0.25) is 0 Å². The molecule has 1 aliphatic carbocycles. The van der Waals surface area contributed by atoms with Crippen molar-refractivity contribution in [1.82, 2.24) is 19.4 Å². The number of ether oxygens (including phenoxy) is 2. The molecule has 2 heterocycles. The number of rotatable bonds is 9. The highest BCUT2D eigenvalue weighted by atomic mass is 35.5. The fourth-order valence-electron chi connectivity index (χ4n) is 5.69. The first kappa shape index (κ1) is 34.3. The van der Waals surface area contributed by atoms with Crippen molar-refractivity contribution in [2.24, 2.45) is 0 Å². The highest BCUT2D eigenvalue weighted by molar-refractivity contribution is 5.95. The lowest BCUT2D eigenvalue weighted by atomic mass is 9.95. The maximum absolute atomic E-state index is 12.8. The number of nitrogens with zero attached hydrogens (tertiary/aromatic N) is 4. The van der Waals surface area contributed by atoms with Crippen LogP contribution in [0.3, 0.4) is 0 Å². The van der Waals surface area contributed by atoms with Crippen LogP contribution < -0.4 is 9.47 Å². The molecule has 3 aromatic carbocycles. The monoisotopic (exact) mass is 662 g/mol. The maximum Gasteiger partial charge on any atom is 0.335 e. The van der Waals surface area contributed by atoms with Crippen LogP contribution in [0, 0.1) is 0 Å². The van der Waals surface area contributed by atoms with E-state index < -0.39 is 5.97 Å². The molecule has 0 atom stereocenters. The molecule has 240 valence electrons. The zero-order valence-electron chi connectivity index (χ0n) is 25.6. The smallest absolute Gasteiger partial charge is 0.335 e. The van der Waals surface area contributed by atoms with Gasteiger partial charge in [-0.05, 0) is 85.1 Å². The molecule has 5 aromatic rings. The summed E-state index contributed by atoms with van der Waals surface area (Å²) in [5.74, 6) is 1.27. The van der Waals surface area contributed by atoms with Gasteiger partial charge in [0.25, 0.3) is 5.91 Å². The standard InChI is InChI=1S/C35H34N4O5.2ClH/c1-38(2)34(40)26-18-29(43-22-23-14-16-36-17-15-23)21-30(19-26)44-28-11-8-24(9-12-28)33-37-31-20-25(35(41)42)10-13-32(31)39(33)27-6-4-3-5-7-27;;/h8-21,27H,3-7,22H2,1-2H3,(H,41,42);2*1H. The lowest BCUT2D eigenvalue weighted by molar-refractivity contribution is 0.0696. The largest absolute Gasteiger partial charge is 0.489 e. The Hall–Kier alpha value is -4.60. The molecule has 6 rings (SSSR count). The highest BCUT2D eigenvalue weighted by Crippen LogP contribution is 2.37. The number of aromatic nitrogens is 3. The molecule has 0 unspecified atom stereocenters. The first-order valence-electron chi connectivity index (χ1n) is 14.8. The summed E-state index contributed by atoms with van der Waals surface area (Å²) in [7, 11) is 3.41. The predicted octanol–water partition coefficient (Wildman–Crippen LogP) is 8.22. The Bertz CT molecular complexity index is 1800. The Morgan fingerprint density at radius 1 is 0.848 bits per heavy atom. The zero-order chi connectivity index (χ0) is 30.6. The summed E-state index contributed by atoms with van der Waals surface area (Å²) < 4.78 is 14.5. The van der Waals surface area contributed by atoms with Crippen LogP contribution >= 0.6 is 24.8 Å². The summed E-state index contributed by atoms with van der Waals surface area (Å²) >= 11 is 0. The number of hydrogen-bond acceptors (Lipinski definition) is 6. The number of amides is 1. The Kier molecular flexibility index (Phi) is 11.3. The normalized spacial score (nSPS) is 12.9. The van der Waals surface area contributed by atoms with Crippen molar-refractivity contribution in [3.63, 3.8) is 0 Å². The van der Waals surface area contributed by atoms with Crippen LogP contribution in [-0.4, -0.2) is 50.5 Å². The lowest BCUT2D eigenvalue weighted by Crippen LogP contribution is -2.21. The summed E-state index contributed by atoms with van der Waals surface area (Å²) in [6.07, 6.45) is 9.09. The van der Waals surface area contributed by atoms with Gasteiger partial charge < -0.3 is 24.0 Å². The first-order chi connectivity index (χ1) is 21.4. The number of aromatic carboxylic acids is 1. The van der Waals surface area contributed by atoms with E-state index in [2.05, 4.69) is 9.55 Å². The van der Waals surface area contributed by atoms with Crippen molar-refractivity contribution in [2.45, 2.75) is 44.8 Å². The Balaban J connectivity index is 0.00000240. The van der Waals surface area contributed by atoms with Gasteiger partial charge in [-0.1, -0.05) is 19.3 Å². The summed E-state index contributed by atoms with van der Waals surface area (Å²) in [5.41, 5.74) is 4.16. The number of carboxylic acids is 1. The van der Waals surface area contributed by atoms with E-state index in [-0.39, 0.29) is 36.3 Å². The van der Waals surface area contributed by atoms with Crippen LogP contribution in [0.1, 0.15) is 64.4 Å². The zero-order valence-corrected chi connectivity index (χ0v) is 27.2. The number of carboxylic acid groups (broad SMARTS) is 1. The summed E-state index contributed by atoms with van der Waals surface area (Å²) in [5, 5.41) is 9.53.